The Morgan fingerprint density at radius 2 is 1.91 bits per heavy atom. The third-order valence-electron chi connectivity index (χ3n) is 5.39. The Bertz CT molecular complexity index is 1380. The number of hydrogen-bond donors (Lipinski definition) is 2. The molecule has 0 radical (unpaired) electrons. The minimum atomic E-state index is -3.82. The highest BCUT2D eigenvalue weighted by Crippen LogP contribution is 2.31. The fraction of sp³-hybridized carbons (Fsp3) is 0.318. The average Bonchev–Trinajstić information content (AvgIpc) is 3.20. The van der Waals surface area contributed by atoms with Gasteiger partial charge in [-0.15, -0.1) is 10.2 Å². The smallest absolute Gasteiger partial charge is 0.241 e. The van der Waals surface area contributed by atoms with Crippen LogP contribution < -0.4 is 4.72 Å². The van der Waals surface area contributed by atoms with Gasteiger partial charge in [0.2, 0.25) is 10.0 Å². The number of rotatable bonds is 8. The largest absolute Gasteiger partial charge is 0.395 e. The molecule has 0 amide bonds. The van der Waals surface area contributed by atoms with Gasteiger partial charge in [-0.2, -0.15) is 21.4 Å². The number of nitrogens with one attached hydrogen (secondary N) is 1. The lowest BCUT2D eigenvalue weighted by Crippen LogP contribution is -2.37. The molecule has 2 heterocycles. The summed E-state index contributed by atoms with van der Waals surface area (Å²) in [6, 6.07) is 12.5. The summed E-state index contributed by atoms with van der Waals surface area (Å²) in [5, 5.41) is 24.7. The van der Waals surface area contributed by atoms with Crippen LogP contribution in [0, 0.1) is 6.92 Å². The molecule has 2 aromatic carbocycles. The molecule has 0 aliphatic carbocycles. The second-order valence-electron chi connectivity index (χ2n) is 7.57. The lowest BCUT2D eigenvalue weighted by Gasteiger charge is -2.17. The molecule has 8 nitrogen and oxygen atoms in total. The first-order chi connectivity index (χ1) is 15.4. The SMILES string of the molecule is CC[C@@H](CO)NS(=O)(=O)c1cc(-c2nn3c(CSC)nnc3c3ccccc23)ccc1C. The molecule has 0 fully saturated rings. The van der Waals surface area contributed by atoms with E-state index in [2.05, 4.69) is 14.9 Å². The maximum absolute atomic E-state index is 13.1. The molecule has 0 saturated carbocycles. The average molecular weight is 472 g/mol. The molecule has 168 valence electrons. The van der Waals surface area contributed by atoms with Crippen LogP contribution in [0.4, 0.5) is 0 Å². The fourth-order valence-corrected chi connectivity index (χ4v) is 5.64. The Hall–Kier alpha value is -2.53. The number of nitrogens with zero attached hydrogens (tertiary/aromatic N) is 4. The number of aryl methyl sites for hydroxylation is 1. The third-order valence-corrected chi connectivity index (χ3v) is 7.60. The van der Waals surface area contributed by atoms with Gasteiger partial charge in [0.25, 0.3) is 0 Å². The molecule has 1 atom stereocenters. The van der Waals surface area contributed by atoms with Crippen molar-refractivity contribution in [2.24, 2.45) is 0 Å². The highest BCUT2D eigenvalue weighted by atomic mass is 32.2. The first-order valence-electron chi connectivity index (χ1n) is 10.3. The normalized spacial score (nSPS) is 13.1. The number of aromatic nitrogens is 4. The molecule has 10 heteroatoms. The summed E-state index contributed by atoms with van der Waals surface area (Å²) < 4.78 is 30.5. The molecule has 4 rings (SSSR count). The molecule has 0 bridgehead atoms. The third kappa shape index (κ3) is 4.11. The molecular weight excluding hydrogens is 446 g/mol. The van der Waals surface area contributed by atoms with E-state index in [4.69, 9.17) is 5.10 Å². The standard InChI is InChI=1S/C22H25N5O3S2/c1-4-16(12-28)26-32(29,30)19-11-15(10-9-14(19)2)21-17-7-5-6-8-18(17)22-24-23-20(13-31-3)27(22)25-21/h5-11,16,26,28H,4,12-13H2,1-3H3/t16-/m0/s1. The van der Waals surface area contributed by atoms with E-state index in [1.807, 2.05) is 43.5 Å². The van der Waals surface area contributed by atoms with Gasteiger partial charge in [0.15, 0.2) is 11.5 Å². The fourth-order valence-electron chi connectivity index (χ4n) is 3.63. The van der Waals surface area contributed by atoms with Gasteiger partial charge >= 0.3 is 0 Å². The van der Waals surface area contributed by atoms with E-state index in [0.29, 0.717) is 34.6 Å². The first-order valence-corrected chi connectivity index (χ1v) is 13.1. The molecule has 0 spiro atoms. The molecule has 4 aromatic rings. The molecule has 0 aliphatic rings. The first kappa shape index (κ1) is 22.7. The highest BCUT2D eigenvalue weighted by molar-refractivity contribution is 7.97. The van der Waals surface area contributed by atoms with Crippen LogP contribution in [0.2, 0.25) is 0 Å². The summed E-state index contributed by atoms with van der Waals surface area (Å²) in [4.78, 5) is 0.168. The van der Waals surface area contributed by atoms with Crippen molar-refractivity contribution < 1.29 is 13.5 Å². The Labute approximate surface area is 191 Å². The summed E-state index contributed by atoms with van der Waals surface area (Å²) in [6.45, 7) is 3.32. The van der Waals surface area contributed by atoms with E-state index >= 15 is 0 Å². The van der Waals surface area contributed by atoms with E-state index in [9.17, 15) is 13.5 Å². The minimum absolute atomic E-state index is 0.168. The van der Waals surface area contributed by atoms with E-state index in [1.54, 1.807) is 35.3 Å². The van der Waals surface area contributed by atoms with Crippen molar-refractivity contribution >= 4 is 38.2 Å². The number of sulfonamides is 1. The number of hydrogen-bond acceptors (Lipinski definition) is 7. The quantitative estimate of drug-likeness (QED) is 0.406. The number of fused-ring (bicyclic) bond motifs is 3. The molecule has 0 aliphatic heterocycles. The molecule has 2 aromatic heterocycles. The van der Waals surface area contributed by atoms with E-state index in [1.165, 1.54) is 0 Å². The summed E-state index contributed by atoms with van der Waals surface area (Å²) in [7, 11) is -3.82. The lowest BCUT2D eigenvalue weighted by molar-refractivity contribution is 0.254. The summed E-state index contributed by atoms with van der Waals surface area (Å²) in [5.41, 5.74) is 2.62. The Balaban J connectivity index is 1.93. The van der Waals surface area contributed by atoms with Crippen molar-refractivity contribution in [3.8, 4) is 11.3 Å². The highest BCUT2D eigenvalue weighted by Gasteiger charge is 2.22. The van der Waals surface area contributed by atoms with Gasteiger partial charge in [0.1, 0.15) is 0 Å². The van der Waals surface area contributed by atoms with Crippen LogP contribution in [0.5, 0.6) is 0 Å². The number of thioether (sulfide) groups is 1. The Morgan fingerprint density at radius 1 is 1.16 bits per heavy atom. The van der Waals surface area contributed by atoms with Gasteiger partial charge < -0.3 is 5.11 Å². The second-order valence-corrected chi connectivity index (χ2v) is 10.1. The van der Waals surface area contributed by atoms with E-state index < -0.39 is 16.1 Å². The van der Waals surface area contributed by atoms with E-state index in [0.717, 1.165) is 16.6 Å². The molecule has 0 unspecified atom stereocenters. The maximum Gasteiger partial charge on any atom is 0.241 e. The van der Waals surface area contributed by atoms with Crippen LogP contribution in [0.15, 0.2) is 47.4 Å². The van der Waals surface area contributed by atoms with Gasteiger partial charge in [0.05, 0.1) is 22.9 Å². The summed E-state index contributed by atoms with van der Waals surface area (Å²) >= 11 is 1.63. The van der Waals surface area contributed by atoms with Crippen LogP contribution in [-0.4, -0.2) is 52.2 Å². The molecule has 2 N–H and O–H groups in total. The van der Waals surface area contributed by atoms with Gasteiger partial charge in [-0.05, 0) is 31.2 Å². The van der Waals surface area contributed by atoms with E-state index in [-0.39, 0.29) is 11.5 Å². The van der Waals surface area contributed by atoms with Crippen LogP contribution in [0.1, 0.15) is 24.7 Å². The van der Waals surface area contributed by atoms with Crippen molar-refractivity contribution in [3.63, 3.8) is 0 Å². The van der Waals surface area contributed by atoms with Gasteiger partial charge in [0, 0.05) is 22.4 Å². The van der Waals surface area contributed by atoms with Crippen LogP contribution in [0.25, 0.3) is 27.7 Å². The zero-order chi connectivity index (χ0) is 22.9. The predicted octanol–water partition coefficient (Wildman–Crippen LogP) is 3.17. The second kappa shape index (κ2) is 9.14. The van der Waals surface area contributed by atoms with Gasteiger partial charge in [-0.1, -0.05) is 43.3 Å². The molecular formula is C22H25N5O3S2. The number of aliphatic hydroxyl groups is 1. The Morgan fingerprint density at radius 3 is 2.59 bits per heavy atom. The monoisotopic (exact) mass is 471 g/mol. The van der Waals surface area contributed by atoms with Crippen molar-refractivity contribution in [2.45, 2.75) is 37.0 Å². The summed E-state index contributed by atoms with van der Waals surface area (Å²) in [6.07, 6.45) is 2.48. The topological polar surface area (TPSA) is 109 Å². The van der Waals surface area contributed by atoms with Crippen molar-refractivity contribution in [1.29, 1.82) is 0 Å². The lowest BCUT2D eigenvalue weighted by atomic mass is 10.0. The van der Waals surface area contributed by atoms with Crippen LogP contribution in [-0.2, 0) is 15.8 Å². The van der Waals surface area contributed by atoms with Gasteiger partial charge in [-0.3, -0.25) is 0 Å². The van der Waals surface area contributed by atoms with Crippen molar-refractivity contribution in [2.75, 3.05) is 12.9 Å². The molecule has 32 heavy (non-hydrogen) atoms. The Kier molecular flexibility index (Phi) is 6.47. The number of benzene rings is 2. The molecule has 0 saturated heterocycles. The number of aliphatic hydroxyl groups excluding tert-OH is 1. The maximum atomic E-state index is 13.1. The predicted molar refractivity (Wildman–Crippen MR) is 127 cm³/mol. The zero-order valence-corrected chi connectivity index (χ0v) is 19.7. The van der Waals surface area contributed by atoms with Crippen molar-refractivity contribution in [3.05, 3.63) is 53.9 Å². The van der Waals surface area contributed by atoms with Crippen LogP contribution >= 0.6 is 11.8 Å². The van der Waals surface area contributed by atoms with Crippen molar-refractivity contribution in [1.82, 2.24) is 24.5 Å². The minimum Gasteiger partial charge on any atom is -0.395 e. The van der Waals surface area contributed by atoms with Crippen LogP contribution in [0.3, 0.4) is 0 Å². The summed E-state index contributed by atoms with van der Waals surface area (Å²) in [5.74, 6) is 1.39. The van der Waals surface area contributed by atoms with Gasteiger partial charge in [-0.25, -0.2) is 13.1 Å². The zero-order valence-electron chi connectivity index (χ0n) is 18.1.